The second-order valence-electron chi connectivity index (χ2n) is 6.13. The number of aliphatic hydroxyl groups excluding tert-OH is 1. The fourth-order valence-electron chi connectivity index (χ4n) is 2.77. The minimum absolute atomic E-state index is 0.0619. The summed E-state index contributed by atoms with van der Waals surface area (Å²) in [7, 11) is 0. The van der Waals surface area contributed by atoms with Crippen molar-refractivity contribution in [3.63, 3.8) is 0 Å². The van der Waals surface area contributed by atoms with Crippen LogP contribution < -0.4 is 0 Å². The average Bonchev–Trinajstić information content (AvgIpc) is 2.52. The minimum atomic E-state index is -0.150. The summed E-state index contributed by atoms with van der Waals surface area (Å²) < 4.78 is 5.99. The zero-order valence-electron chi connectivity index (χ0n) is 10.8. The molecule has 3 heteroatoms. The predicted molar refractivity (Wildman–Crippen MR) is 64.4 cm³/mol. The lowest BCUT2D eigenvalue weighted by Gasteiger charge is -2.35. The highest BCUT2D eigenvalue weighted by molar-refractivity contribution is 4.85. The number of hydrogen-bond donors (Lipinski definition) is 1. The molecule has 3 nitrogen and oxygen atoms in total. The van der Waals surface area contributed by atoms with Crippen molar-refractivity contribution < 1.29 is 9.84 Å². The maximum atomic E-state index is 9.84. The molecule has 0 aromatic heterocycles. The van der Waals surface area contributed by atoms with Crippen molar-refractivity contribution in [3.05, 3.63) is 0 Å². The highest BCUT2D eigenvalue weighted by Gasteiger charge is 2.34. The van der Waals surface area contributed by atoms with Gasteiger partial charge in [0.1, 0.15) is 0 Å². The van der Waals surface area contributed by atoms with Crippen LogP contribution in [0.2, 0.25) is 0 Å². The van der Waals surface area contributed by atoms with E-state index >= 15 is 0 Å². The SMILES string of the molecule is CC1CCN(CC2CCC(C)(C)O2)CC1O. The second kappa shape index (κ2) is 4.63. The number of aliphatic hydroxyl groups is 1. The summed E-state index contributed by atoms with van der Waals surface area (Å²) in [5.74, 6) is 0.456. The standard InChI is InChI=1S/C13H25NO2/c1-10-5-7-14(9-12(10)15)8-11-4-6-13(2,3)16-11/h10-12,15H,4-9H2,1-3H3. The van der Waals surface area contributed by atoms with Gasteiger partial charge in [-0.2, -0.15) is 0 Å². The Hall–Kier alpha value is -0.120. The summed E-state index contributed by atoms with van der Waals surface area (Å²) in [6.07, 6.45) is 3.65. The third-order valence-electron chi connectivity index (χ3n) is 4.02. The third-order valence-corrected chi connectivity index (χ3v) is 4.02. The van der Waals surface area contributed by atoms with Crippen molar-refractivity contribution >= 4 is 0 Å². The molecule has 0 bridgehead atoms. The third kappa shape index (κ3) is 2.96. The van der Waals surface area contributed by atoms with Gasteiger partial charge in [0.2, 0.25) is 0 Å². The highest BCUT2D eigenvalue weighted by atomic mass is 16.5. The Bertz CT molecular complexity index is 242. The first-order valence-electron chi connectivity index (χ1n) is 6.54. The average molecular weight is 227 g/mol. The molecule has 0 spiro atoms. The van der Waals surface area contributed by atoms with Gasteiger partial charge in [-0.15, -0.1) is 0 Å². The molecule has 0 saturated carbocycles. The van der Waals surface area contributed by atoms with E-state index in [2.05, 4.69) is 25.7 Å². The number of nitrogens with zero attached hydrogens (tertiary/aromatic N) is 1. The largest absolute Gasteiger partial charge is 0.392 e. The van der Waals surface area contributed by atoms with Gasteiger partial charge in [-0.1, -0.05) is 6.92 Å². The molecule has 3 atom stereocenters. The molecule has 1 N–H and O–H groups in total. The van der Waals surface area contributed by atoms with E-state index in [1.54, 1.807) is 0 Å². The van der Waals surface area contributed by atoms with Gasteiger partial charge in [-0.25, -0.2) is 0 Å². The maximum Gasteiger partial charge on any atom is 0.0710 e. The molecule has 0 aliphatic carbocycles. The Morgan fingerprint density at radius 3 is 2.69 bits per heavy atom. The van der Waals surface area contributed by atoms with Crippen molar-refractivity contribution in [3.8, 4) is 0 Å². The lowest BCUT2D eigenvalue weighted by molar-refractivity contribution is -0.0443. The van der Waals surface area contributed by atoms with Crippen LogP contribution in [-0.4, -0.2) is 47.4 Å². The normalized spacial score (nSPS) is 40.1. The van der Waals surface area contributed by atoms with E-state index in [4.69, 9.17) is 4.74 Å². The molecule has 0 aromatic rings. The summed E-state index contributed by atoms with van der Waals surface area (Å²) in [6.45, 7) is 9.39. The molecule has 2 aliphatic heterocycles. The van der Waals surface area contributed by atoms with E-state index in [1.165, 1.54) is 0 Å². The van der Waals surface area contributed by atoms with Crippen molar-refractivity contribution in [1.29, 1.82) is 0 Å². The molecule has 2 saturated heterocycles. The molecule has 0 radical (unpaired) electrons. The van der Waals surface area contributed by atoms with E-state index < -0.39 is 0 Å². The predicted octanol–water partition coefficient (Wildman–Crippen LogP) is 1.65. The van der Waals surface area contributed by atoms with Gasteiger partial charge in [-0.05, 0) is 45.6 Å². The van der Waals surface area contributed by atoms with Crippen LogP contribution in [0.1, 0.15) is 40.0 Å². The van der Waals surface area contributed by atoms with Gasteiger partial charge in [0.15, 0.2) is 0 Å². The molecule has 2 heterocycles. The van der Waals surface area contributed by atoms with Crippen LogP contribution in [0.15, 0.2) is 0 Å². The van der Waals surface area contributed by atoms with Crippen molar-refractivity contribution in [2.75, 3.05) is 19.6 Å². The summed E-state index contributed by atoms with van der Waals surface area (Å²) in [6, 6.07) is 0. The number of β-amino-alcohol motifs (C(OH)–C–C–N with tert-alkyl or cyclic N) is 1. The lowest BCUT2D eigenvalue weighted by atomic mass is 9.96. The first kappa shape index (κ1) is 12.3. The molecule has 2 aliphatic rings. The molecule has 2 fully saturated rings. The van der Waals surface area contributed by atoms with E-state index in [0.29, 0.717) is 12.0 Å². The van der Waals surface area contributed by atoms with Gasteiger partial charge in [-0.3, -0.25) is 4.90 Å². The summed E-state index contributed by atoms with van der Waals surface area (Å²) >= 11 is 0. The first-order chi connectivity index (χ1) is 7.46. The number of ether oxygens (including phenoxy) is 1. The Kier molecular flexibility index (Phi) is 3.57. The summed E-state index contributed by atoms with van der Waals surface area (Å²) in [5, 5.41) is 9.84. The Labute approximate surface area is 98.8 Å². The van der Waals surface area contributed by atoms with Crippen LogP contribution in [0.3, 0.4) is 0 Å². The molecule has 2 rings (SSSR count). The quantitative estimate of drug-likeness (QED) is 0.778. The van der Waals surface area contributed by atoms with E-state index in [-0.39, 0.29) is 11.7 Å². The van der Waals surface area contributed by atoms with E-state index in [9.17, 15) is 5.11 Å². The fourth-order valence-corrected chi connectivity index (χ4v) is 2.77. The molecular formula is C13H25NO2. The van der Waals surface area contributed by atoms with E-state index in [0.717, 1.165) is 38.9 Å². The number of rotatable bonds is 2. The molecule has 94 valence electrons. The van der Waals surface area contributed by atoms with Crippen LogP contribution in [0.4, 0.5) is 0 Å². The topological polar surface area (TPSA) is 32.7 Å². The van der Waals surface area contributed by atoms with Crippen molar-refractivity contribution in [2.45, 2.75) is 57.8 Å². The Morgan fingerprint density at radius 1 is 1.38 bits per heavy atom. The van der Waals surface area contributed by atoms with Crippen LogP contribution in [0.5, 0.6) is 0 Å². The zero-order valence-corrected chi connectivity index (χ0v) is 10.8. The Balaban J connectivity index is 1.78. The molecule has 0 amide bonds. The number of likely N-dealkylation sites (tertiary alicyclic amines) is 1. The zero-order chi connectivity index (χ0) is 11.8. The van der Waals surface area contributed by atoms with Crippen LogP contribution in [0, 0.1) is 5.92 Å². The van der Waals surface area contributed by atoms with Crippen LogP contribution >= 0.6 is 0 Å². The minimum Gasteiger partial charge on any atom is -0.392 e. The number of hydrogen-bond acceptors (Lipinski definition) is 3. The van der Waals surface area contributed by atoms with Gasteiger partial charge < -0.3 is 9.84 Å². The molecule has 0 aromatic carbocycles. The van der Waals surface area contributed by atoms with Gasteiger partial charge in [0, 0.05) is 13.1 Å². The van der Waals surface area contributed by atoms with Crippen LogP contribution in [0.25, 0.3) is 0 Å². The lowest BCUT2D eigenvalue weighted by Crippen LogP contribution is -2.45. The van der Waals surface area contributed by atoms with Crippen LogP contribution in [-0.2, 0) is 4.74 Å². The fraction of sp³-hybridized carbons (Fsp3) is 1.00. The second-order valence-corrected chi connectivity index (χ2v) is 6.13. The van der Waals surface area contributed by atoms with Gasteiger partial charge in [0.25, 0.3) is 0 Å². The van der Waals surface area contributed by atoms with Crippen molar-refractivity contribution in [2.24, 2.45) is 5.92 Å². The van der Waals surface area contributed by atoms with Gasteiger partial charge >= 0.3 is 0 Å². The summed E-state index contributed by atoms with van der Waals surface area (Å²) in [5.41, 5.74) is 0.0619. The summed E-state index contributed by atoms with van der Waals surface area (Å²) in [4.78, 5) is 2.36. The molecule has 16 heavy (non-hydrogen) atoms. The van der Waals surface area contributed by atoms with Gasteiger partial charge in [0.05, 0.1) is 17.8 Å². The number of piperidine rings is 1. The smallest absolute Gasteiger partial charge is 0.0710 e. The van der Waals surface area contributed by atoms with E-state index in [1.807, 2.05) is 0 Å². The van der Waals surface area contributed by atoms with Crippen molar-refractivity contribution in [1.82, 2.24) is 4.90 Å². The monoisotopic (exact) mass is 227 g/mol. The Morgan fingerprint density at radius 2 is 2.12 bits per heavy atom. The first-order valence-corrected chi connectivity index (χ1v) is 6.54. The highest BCUT2D eigenvalue weighted by Crippen LogP contribution is 2.30. The maximum absolute atomic E-state index is 9.84. The molecule has 3 unspecified atom stereocenters. The molecular weight excluding hydrogens is 202 g/mol.